The summed E-state index contributed by atoms with van der Waals surface area (Å²) in [6.07, 6.45) is 1.89. The Balaban J connectivity index is 1.83. The zero-order valence-corrected chi connectivity index (χ0v) is 12.6. The van der Waals surface area contributed by atoms with E-state index in [1.165, 1.54) is 0 Å². The first kappa shape index (κ1) is 13.7. The fourth-order valence-electron chi connectivity index (χ4n) is 2.13. The number of ether oxygens (including phenoxy) is 1. The van der Waals surface area contributed by atoms with Gasteiger partial charge in [0.05, 0.1) is 7.11 Å². The summed E-state index contributed by atoms with van der Waals surface area (Å²) in [6, 6.07) is 9.54. The molecule has 5 nitrogen and oxygen atoms in total. The predicted octanol–water partition coefficient (Wildman–Crippen LogP) is 3.31. The number of halogens is 1. The minimum atomic E-state index is 0.499. The number of aromatic nitrogens is 3. The molecule has 0 aliphatic heterocycles. The van der Waals surface area contributed by atoms with E-state index in [2.05, 4.69) is 15.4 Å². The van der Waals surface area contributed by atoms with Crippen LogP contribution < -0.4 is 10.1 Å². The summed E-state index contributed by atoms with van der Waals surface area (Å²) >= 11 is 6.21. The number of fused-ring (bicyclic) bond motifs is 1. The van der Waals surface area contributed by atoms with Crippen LogP contribution in [0.2, 0.25) is 5.02 Å². The maximum Gasteiger partial charge on any atom is 0.243 e. The molecule has 3 aromatic rings. The summed E-state index contributed by atoms with van der Waals surface area (Å²) in [4.78, 5) is 4.43. The highest BCUT2D eigenvalue weighted by Gasteiger charge is 2.09. The van der Waals surface area contributed by atoms with Gasteiger partial charge in [0.25, 0.3) is 0 Å². The molecule has 0 radical (unpaired) electrons. The van der Waals surface area contributed by atoms with E-state index in [4.69, 9.17) is 16.3 Å². The average molecular weight is 303 g/mol. The van der Waals surface area contributed by atoms with Crippen LogP contribution in [0.15, 0.2) is 36.5 Å². The molecule has 0 spiro atoms. The smallest absolute Gasteiger partial charge is 0.243 e. The van der Waals surface area contributed by atoms with Crippen molar-refractivity contribution in [2.75, 3.05) is 12.4 Å². The van der Waals surface area contributed by atoms with Crippen LogP contribution in [0.3, 0.4) is 0 Å². The molecule has 1 aromatic carbocycles. The summed E-state index contributed by atoms with van der Waals surface area (Å²) in [6.45, 7) is 2.52. The van der Waals surface area contributed by atoms with Gasteiger partial charge < -0.3 is 10.1 Å². The van der Waals surface area contributed by atoms with Gasteiger partial charge in [-0.25, -0.2) is 4.52 Å². The summed E-state index contributed by atoms with van der Waals surface area (Å²) in [5, 5.41) is 8.20. The van der Waals surface area contributed by atoms with Crippen LogP contribution in [0, 0.1) is 6.92 Å². The lowest BCUT2D eigenvalue weighted by Gasteiger charge is -2.10. The first-order valence-electron chi connectivity index (χ1n) is 6.55. The Morgan fingerprint density at radius 3 is 3.00 bits per heavy atom. The molecule has 1 N–H and O–H groups in total. The van der Waals surface area contributed by atoms with Gasteiger partial charge in [0.2, 0.25) is 5.95 Å². The topological polar surface area (TPSA) is 51.5 Å². The van der Waals surface area contributed by atoms with Gasteiger partial charge in [-0.15, -0.1) is 5.10 Å². The van der Waals surface area contributed by atoms with E-state index in [9.17, 15) is 0 Å². The van der Waals surface area contributed by atoms with E-state index in [1.54, 1.807) is 11.6 Å². The minimum Gasteiger partial charge on any atom is -0.496 e. The Hall–Kier alpha value is -2.27. The van der Waals surface area contributed by atoms with E-state index < -0.39 is 0 Å². The number of aryl methyl sites for hydroxylation is 1. The van der Waals surface area contributed by atoms with Gasteiger partial charge in [-0.05, 0) is 36.8 Å². The quantitative estimate of drug-likeness (QED) is 0.803. The highest BCUT2D eigenvalue weighted by Crippen LogP contribution is 2.26. The summed E-state index contributed by atoms with van der Waals surface area (Å²) < 4.78 is 7.05. The van der Waals surface area contributed by atoms with Crippen LogP contribution in [0.4, 0.5) is 5.95 Å². The monoisotopic (exact) mass is 302 g/mol. The van der Waals surface area contributed by atoms with Crippen molar-refractivity contribution in [3.05, 3.63) is 52.7 Å². The predicted molar refractivity (Wildman–Crippen MR) is 83.1 cm³/mol. The van der Waals surface area contributed by atoms with Crippen LogP contribution in [-0.2, 0) is 6.54 Å². The molecule has 0 bridgehead atoms. The maximum absolute atomic E-state index is 6.21. The second-order valence-corrected chi connectivity index (χ2v) is 5.12. The number of anilines is 1. The molecule has 0 unspecified atom stereocenters. The molecule has 0 atom stereocenters. The van der Waals surface area contributed by atoms with E-state index in [0.29, 0.717) is 17.5 Å². The van der Waals surface area contributed by atoms with Crippen LogP contribution in [0.25, 0.3) is 5.65 Å². The van der Waals surface area contributed by atoms with Crippen LogP contribution >= 0.6 is 11.6 Å². The normalized spacial score (nSPS) is 10.8. The Bertz CT molecular complexity index is 784. The zero-order valence-electron chi connectivity index (χ0n) is 11.8. The van der Waals surface area contributed by atoms with Crippen molar-refractivity contribution in [2.45, 2.75) is 13.5 Å². The van der Waals surface area contributed by atoms with Crippen molar-refractivity contribution in [3.8, 4) is 5.75 Å². The first-order valence-corrected chi connectivity index (χ1v) is 6.93. The number of nitrogens with one attached hydrogen (secondary N) is 1. The van der Waals surface area contributed by atoms with Crippen LogP contribution in [0.1, 0.15) is 11.1 Å². The Kier molecular flexibility index (Phi) is 3.66. The average Bonchev–Trinajstić information content (AvgIpc) is 2.87. The molecule has 0 saturated carbocycles. The number of rotatable bonds is 4. The van der Waals surface area contributed by atoms with Gasteiger partial charge in [-0.1, -0.05) is 17.7 Å². The highest BCUT2D eigenvalue weighted by molar-refractivity contribution is 6.31. The van der Waals surface area contributed by atoms with E-state index in [1.807, 2.05) is 43.5 Å². The SMILES string of the molecule is COc1cccc(Cl)c1CNc1nc2cc(C)ccn2n1. The standard InChI is InChI=1S/C15H15ClN4O/c1-10-6-7-20-14(8-10)18-15(19-20)17-9-11-12(16)4-3-5-13(11)21-2/h3-8H,9H2,1-2H3,(H,17,19). The highest BCUT2D eigenvalue weighted by atomic mass is 35.5. The lowest BCUT2D eigenvalue weighted by Crippen LogP contribution is -2.04. The van der Waals surface area contributed by atoms with Crippen molar-refractivity contribution in [3.63, 3.8) is 0 Å². The third-order valence-corrected chi connectivity index (χ3v) is 3.57. The van der Waals surface area contributed by atoms with E-state index >= 15 is 0 Å². The summed E-state index contributed by atoms with van der Waals surface area (Å²) in [5.41, 5.74) is 2.84. The second-order valence-electron chi connectivity index (χ2n) is 4.72. The van der Waals surface area contributed by atoms with Gasteiger partial charge in [-0.3, -0.25) is 0 Å². The lowest BCUT2D eigenvalue weighted by atomic mass is 10.2. The Morgan fingerprint density at radius 1 is 1.33 bits per heavy atom. The van der Waals surface area contributed by atoms with E-state index in [0.717, 1.165) is 22.5 Å². The van der Waals surface area contributed by atoms with Gasteiger partial charge in [-0.2, -0.15) is 4.98 Å². The molecule has 21 heavy (non-hydrogen) atoms. The van der Waals surface area contributed by atoms with Crippen molar-refractivity contribution >= 4 is 23.2 Å². The van der Waals surface area contributed by atoms with Crippen LogP contribution in [0.5, 0.6) is 5.75 Å². The molecule has 0 aliphatic rings. The van der Waals surface area contributed by atoms with E-state index in [-0.39, 0.29) is 0 Å². The fourth-order valence-corrected chi connectivity index (χ4v) is 2.36. The Labute approximate surface area is 127 Å². The number of pyridine rings is 1. The van der Waals surface area contributed by atoms with Crippen molar-refractivity contribution in [2.24, 2.45) is 0 Å². The summed E-state index contributed by atoms with van der Waals surface area (Å²) in [7, 11) is 1.63. The molecule has 3 rings (SSSR count). The van der Waals surface area contributed by atoms with Gasteiger partial charge in [0, 0.05) is 23.3 Å². The fraction of sp³-hybridized carbons (Fsp3) is 0.200. The molecular weight excluding hydrogens is 288 g/mol. The molecule has 0 aliphatic carbocycles. The zero-order chi connectivity index (χ0) is 14.8. The van der Waals surface area contributed by atoms with Crippen molar-refractivity contribution < 1.29 is 4.74 Å². The van der Waals surface area contributed by atoms with Gasteiger partial charge in [0.1, 0.15) is 5.75 Å². The largest absolute Gasteiger partial charge is 0.496 e. The number of nitrogens with zero attached hydrogens (tertiary/aromatic N) is 3. The minimum absolute atomic E-state index is 0.499. The lowest BCUT2D eigenvalue weighted by molar-refractivity contribution is 0.410. The number of hydrogen-bond donors (Lipinski definition) is 1. The first-order chi connectivity index (χ1) is 10.2. The van der Waals surface area contributed by atoms with Gasteiger partial charge in [0.15, 0.2) is 5.65 Å². The number of benzene rings is 1. The molecule has 0 saturated heterocycles. The molecule has 6 heteroatoms. The third-order valence-electron chi connectivity index (χ3n) is 3.21. The molecular formula is C15H15ClN4O. The molecule has 0 amide bonds. The maximum atomic E-state index is 6.21. The molecule has 2 aromatic heterocycles. The molecule has 2 heterocycles. The van der Waals surface area contributed by atoms with Crippen molar-refractivity contribution in [1.29, 1.82) is 0 Å². The summed E-state index contributed by atoms with van der Waals surface area (Å²) in [5.74, 6) is 1.30. The van der Waals surface area contributed by atoms with Crippen molar-refractivity contribution in [1.82, 2.24) is 14.6 Å². The third kappa shape index (κ3) is 2.78. The molecule has 0 fully saturated rings. The molecule has 108 valence electrons. The second kappa shape index (κ2) is 5.61. The van der Waals surface area contributed by atoms with Crippen LogP contribution in [-0.4, -0.2) is 21.7 Å². The Morgan fingerprint density at radius 2 is 2.19 bits per heavy atom. The van der Waals surface area contributed by atoms with Gasteiger partial charge >= 0.3 is 0 Å². The number of hydrogen-bond acceptors (Lipinski definition) is 4. The number of methoxy groups -OCH3 is 1.